The Kier molecular flexibility index (Phi) is 36.5. The Morgan fingerprint density at radius 3 is 2.07 bits per heavy atom. The average Bonchev–Trinajstić information content (AvgIpc) is 1.73. The fourth-order valence-electron chi connectivity index (χ4n) is 10.8. The normalized spacial score (nSPS) is 12.4. The molecular formula is C74H99FN16O18S2. The molecule has 1 aliphatic heterocycles. The number of aromatic carboxylic acids is 1. The molecule has 0 spiro atoms. The van der Waals surface area contributed by atoms with Gasteiger partial charge in [-0.05, 0) is 105 Å². The van der Waals surface area contributed by atoms with Crippen LogP contribution < -0.4 is 42.4 Å². The van der Waals surface area contributed by atoms with Crippen LogP contribution in [0.15, 0.2) is 66.9 Å². The van der Waals surface area contributed by atoms with Crippen molar-refractivity contribution in [2.24, 2.45) is 17.4 Å². The summed E-state index contributed by atoms with van der Waals surface area (Å²) in [4.78, 5) is 92.1. The molecule has 7 aromatic rings. The average molecular weight is 1580 g/mol. The molecule has 0 fully saturated rings. The van der Waals surface area contributed by atoms with Crippen molar-refractivity contribution in [3.63, 3.8) is 0 Å². The maximum atomic E-state index is 15.5. The highest BCUT2D eigenvalue weighted by atomic mass is 32.1. The van der Waals surface area contributed by atoms with Gasteiger partial charge in [0.15, 0.2) is 39.2 Å². The Hall–Kier alpha value is -9.85. The van der Waals surface area contributed by atoms with Gasteiger partial charge in [0.1, 0.15) is 24.9 Å². The van der Waals surface area contributed by atoms with E-state index in [-0.39, 0.29) is 75.3 Å². The minimum absolute atomic E-state index is 0.0320. The molecule has 5 heterocycles. The highest BCUT2D eigenvalue weighted by Gasteiger charge is 2.30. The fraction of sp³-hybridized carbons (Fsp3) is 0.514. The summed E-state index contributed by atoms with van der Waals surface area (Å²) in [5, 5.41) is 40.1. The van der Waals surface area contributed by atoms with Gasteiger partial charge in [-0.25, -0.2) is 38.2 Å². The van der Waals surface area contributed by atoms with E-state index in [2.05, 4.69) is 63.6 Å². The molecule has 9 N–H and O–H groups in total. The molecule has 0 saturated carbocycles. The summed E-state index contributed by atoms with van der Waals surface area (Å²) in [5.74, 6) is 3.65. The summed E-state index contributed by atoms with van der Waals surface area (Å²) >= 11 is 2.78. The van der Waals surface area contributed by atoms with Gasteiger partial charge in [0.25, 0.3) is 0 Å². The molecule has 8 rings (SSSR count). The number of urea groups is 1. The number of anilines is 5. The number of carbonyl (C=O) groups excluding carboxylic acids is 5. The van der Waals surface area contributed by atoms with Gasteiger partial charge >= 0.3 is 24.2 Å². The number of hydrogen-bond donors (Lipinski definition) is 7. The lowest BCUT2D eigenvalue weighted by Gasteiger charge is -2.28. The van der Waals surface area contributed by atoms with Crippen LogP contribution in [0.5, 0.6) is 5.75 Å². The summed E-state index contributed by atoms with van der Waals surface area (Å²) in [6.45, 7) is 12.4. The zero-order chi connectivity index (χ0) is 79.3. The molecule has 111 heavy (non-hydrogen) atoms. The molecule has 2 atom stereocenters. The standard InChI is InChI=1S/C74H99FN16O18S2/c1-49(2)63(76)68(93)80-59(16-9-23-78-70(77)96)67(92)79-54-21-20-52(53(44-54)45-89(5)74(98)109-48-55-46-90(87-84-55)26-28-100-31-32-102-35-36-104-39-40-106-42-41-105-38-37-103-34-33-101-30-29-99-6)47-108-73(97)88(4)24-10-13-51-19-22-60(57(75)43-51)107-27-12-18-62-64(69(94)95)82-72(111-62)91-25-11-14-56-50(3)65(85-86-66(56)91)83-71-81-58-15-7-8-17-61(58)110-71/h7-8,15,17,19-22,43-44,46,49,59,63H,9,11-12,14,16,18,23-42,45,47-48,76H2,1-6H3,(H,79,92)(H,80,93)(H,94,95)(H3,77,78,96)(H,81,83,85)/t59-,63-/m0/s1. The number of carboxylic acid groups (broad SMARTS) is 1. The third kappa shape index (κ3) is 29.1. The number of thiazole rings is 2. The number of aryl methyl sites for hydroxylation is 1. The number of nitrogens with one attached hydrogen (secondary N) is 4. The van der Waals surface area contributed by atoms with Crippen LogP contribution in [0, 0.1) is 30.5 Å². The number of hydrogen-bond acceptors (Lipinski definition) is 28. The number of fused-ring (bicyclic) bond motifs is 2. The van der Waals surface area contributed by atoms with Gasteiger partial charge in [-0.15, -0.1) is 26.6 Å². The number of amides is 6. The van der Waals surface area contributed by atoms with E-state index in [9.17, 15) is 33.9 Å². The van der Waals surface area contributed by atoms with Gasteiger partial charge in [0.2, 0.25) is 11.8 Å². The second-order valence-corrected chi connectivity index (χ2v) is 27.7. The molecule has 34 nitrogen and oxygen atoms in total. The van der Waals surface area contributed by atoms with Crippen molar-refractivity contribution in [3.05, 3.63) is 117 Å². The van der Waals surface area contributed by atoms with Crippen LogP contribution in [0.25, 0.3) is 10.2 Å². The van der Waals surface area contributed by atoms with E-state index in [4.69, 9.17) is 63.6 Å². The quantitative estimate of drug-likeness (QED) is 0.0147. The molecule has 6 amide bonds. The van der Waals surface area contributed by atoms with E-state index in [0.717, 1.165) is 34.2 Å². The van der Waals surface area contributed by atoms with E-state index in [0.29, 0.717) is 174 Å². The minimum Gasteiger partial charge on any atom is -0.491 e. The molecule has 1 aliphatic rings. The lowest BCUT2D eigenvalue weighted by Crippen LogP contribution is -2.51. The van der Waals surface area contributed by atoms with Crippen LogP contribution in [-0.2, 0) is 96.1 Å². The Morgan fingerprint density at radius 2 is 1.41 bits per heavy atom. The first-order valence-electron chi connectivity index (χ1n) is 36.3. The second kappa shape index (κ2) is 46.7. The third-order valence-corrected chi connectivity index (χ3v) is 18.9. The predicted octanol–water partition coefficient (Wildman–Crippen LogP) is 7.13. The summed E-state index contributed by atoms with van der Waals surface area (Å²) in [5.41, 5.74) is 15.9. The van der Waals surface area contributed by atoms with Crippen LogP contribution in [0.1, 0.15) is 88.4 Å². The van der Waals surface area contributed by atoms with E-state index < -0.39 is 53.9 Å². The first kappa shape index (κ1) is 86.7. The topological polar surface area (TPSA) is 416 Å². The molecule has 0 radical (unpaired) electrons. The van der Waals surface area contributed by atoms with Crippen molar-refractivity contribution in [2.45, 2.75) is 97.7 Å². The van der Waals surface area contributed by atoms with E-state index in [1.807, 2.05) is 36.1 Å². The SMILES string of the molecule is COCCOCCOCCOCCOCCOCCOCCOCCn1cc(COC(=O)N(C)Cc2cc(NC(=O)[C@H](CCCNC(N)=O)NC(=O)[C@@H](N)C(C)C)ccc2COC(=O)N(C)CC#Cc2ccc(OCCCc3sc(N4CCCc5c4nnc(Nc4nc6ccccc6s4)c5C)nc3C(=O)O)c(F)c2)nn1. The van der Waals surface area contributed by atoms with Crippen LogP contribution in [0.2, 0.25) is 0 Å². The number of halogens is 1. The number of carboxylic acids is 1. The molecule has 602 valence electrons. The Bertz CT molecular complexity index is 4160. The number of methoxy groups -OCH3 is 1. The fourth-order valence-corrected chi connectivity index (χ4v) is 12.8. The van der Waals surface area contributed by atoms with Crippen molar-refractivity contribution in [1.82, 2.24) is 55.6 Å². The van der Waals surface area contributed by atoms with Crippen molar-refractivity contribution in [1.29, 1.82) is 0 Å². The smallest absolute Gasteiger partial charge is 0.410 e. The Balaban J connectivity index is 0.781. The maximum Gasteiger partial charge on any atom is 0.410 e. The first-order chi connectivity index (χ1) is 53.7. The second-order valence-electron chi connectivity index (χ2n) is 25.6. The number of aromatic nitrogens is 7. The number of para-hydroxylation sites is 1. The minimum atomic E-state index is -1.17. The maximum absolute atomic E-state index is 15.5. The third-order valence-electron chi connectivity index (χ3n) is 16.8. The van der Waals surface area contributed by atoms with Crippen LogP contribution >= 0.6 is 22.7 Å². The van der Waals surface area contributed by atoms with E-state index >= 15 is 4.39 Å². The van der Waals surface area contributed by atoms with Gasteiger partial charge in [0.05, 0.1) is 141 Å². The summed E-state index contributed by atoms with van der Waals surface area (Å²) in [6.07, 6.45) is 2.66. The van der Waals surface area contributed by atoms with Crippen molar-refractivity contribution < 1.29 is 90.4 Å². The van der Waals surface area contributed by atoms with Crippen LogP contribution in [-0.4, -0.2) is 245 Å². The molecule has 0 unspecified atom stereocenters. The Labute approximate surface area is 650 Å². The molecular weight excluding hydrogens is 1480 g/mol. The van der Waals surface area contributed by atoms with Crippen molar-refractivity contribution in [2.75, 3.05) is 162 Å². The largest absolute Gasteiger partial charge is 0.491 e. The Morgan fingerprint density at radius 1 is 0.748 bits per heavy atom. The first-order valence-corrected chi connectivity index (χ1v) is 38.0. The molecule has 0 bridgehead atoms. The van der Waals surface area contributed by atoms with E-state index in [1.165, 1.54) is 58.7 Å². The van der Waals surface area contributed by atoms with Gasteiger partial charge in [-0.3, -0.25) is 9.59 Å². The van der Waals surface area contributed by atoms with Crippen molar-refractivity contribution in [3.8, 4) is 17.6 Å². The number of primary amides is 1. The van der Waals surface area contributed by atoms with Gasteiger partial charge < -0.3 is 105 Å². The van der Waals surface area contributed by atoms with Crippen molar-refractivity contribution >= 4 is 96.5 Å². The van der Waals surface area contributed by atoms with Gasteiger partial charge in [0, 0.05) is 68.1 Å². The van der Waals surface area contributed by atoms with E-state index in [1.54, 1.807) is 56.1 Å². The highest BCUT2D eigenvalue weighted by molar-refractivity contribution is 7.22. The number of ether oxygens (including phenoxy) is 11. The van der Waals surface area contributed by atoms with Crippen LogP contribution in [0.4, 0.5) is 46.4 Å². The summed E-state index contributed by atoms with van der Waals surface area (Å²) < 4.78 is 78.8. The van der Waals surface area contributed by atoms with Gasteiger partial charge in [-0.2, -0.15) is 0 Å². The zero-order valence-electron chi connectivity index (χ0n) is 63.3. The number of carbonyl (C=O) groups is 6. The lowest BCUT2D eigenvalue weighted by atomic mass is 10.0. The van der Waals surface area contributed by atoms with Gasteiger partial charge in [-0.1, -0.05) is 60.4 Å². The lowest BCUT2D eigenvalue weighted by molar-refractivity contribution is -0.128. The van der Waals surface area contributed by atoms with Crippen LogP contribution in [0.3, 0.4) is 0 Å². The monoisotopic (exact) mass is 1580 g/mol. The molecule has 3 aromatic carbocycles. The number of nitrogens with zero attached hydrogens (tertiary/aromatic N) is 10. The zero-order valence-corrected chi connectivity index (χ0v) is 64.9. The number of rotatable bonds is 49. The molecule has 4 aromatic heterocycles. The highest BCUT2D eigenvalue weighted by Crippen LogP contribution is 2.39. The number of nitrogens with two attached hydrogens (primary N) is 2. The number of benzene rings is 3. The molecule has 37 heteroatoms. The summed E-state index contributed by atoms with van der Waals surface area (Å²) in [7, 11) is 4.58. The molecule has 0 aliphatic carbocycles. The predicted molar refractivity (Wildman–Crippen MR) is 410 cm³/mol. The summed E-state index contributed by atoms with van der Waals surface area (Å²) in [6, 6.07) is 14.1. The molecule has 0 saturated heterocycles.